The lowest BCUT2D eigenvalue weighted by atomic mass is 10.7. The van der Waals surface area contributed by atoms with E-state index in [2.05, 4.69) is 0 Å². The van der Waals surface area contributed by atoms with E-state index in [0.717, 1.165) is 0 Å². The first kappa shape index (κ1) is 8.62. The summed E-state index contributed by atoms with van der Waals surface area (Å²) in [5.41, 5.74) is 0. The average Bonchev–Trinajstić information content (AvgIpc) is 2.43. The second-order valence-corrected chi connectivity index (χ2v) is 2.06. The maximum Gasteiger partial charge on any atom is 0.0662 e. The Bertz CT molecular complexity index is 86.6. The van der Waals surface area contributed by atoms with Gasteiger partial charge in [0.2, 0.25) is 0 Å². The van der Waals surface area contributed by atoms with E-state index >= 15 is 0 Å². The minimum atomic E-state index is -0.125. The Morgan fingerprint density at radius 3 is 1.56 bits per heavy atom. The molecule has 9 heavy (non-hydrogen) atoms. The zero-order chi connectivity index (χ0) is 6.95. The van der Waals surface area contributed by atoms with Gasteiger partial charge in [0.15, 0.2) is 0 Å². The van der Waals surface area contributed by atoms with Crippen molar-refractivity contribution in [3.05, 3.63) is 22.9 Å². The van der Waals surface area contributed by atoms with Gasteiger partial charge >= 0.3 is 0 Å². The molecule has 0 amide bonds. The van der Waals surface area contributed by atoms with Gasteiger partial charge in [-0.15, -0.1) is 0 Å². The van der Waals surface area contributed by atoms with Crippen LogP contribution in [0, 0.1) is 0 Å². The molecule has 0 radical (unpaired) electrons. The molecule has 0 aliphatic heterocycles. The standard InChI is InChI=1S/C4H4S.C2H6O2/c1-2-4-5-3-1;3-1-2-4/h1-4H;3-4H,1-2H2. The highest BCUT2D eigenvalue weighted by molar-refractivity contribution is 7.07. The SMILES string of the molecule is OCCO.c1ccsc1. The molecule has 1 rings (SSSR count). The minimum absolute atomic E-state index is 0.125. The Morgan fingerprint density at radius 1 is 1.00 bits per heavy atom. The number of hydrogen-bond acceptors (Lipinski definition) is 3. The number of aliphatic hydroxyl groups is 2. The van der Waals surface area contributed by atoms with E-state index in [4.69, 9.17) is 10.2 Å². The second kappa shape index (κ2) is 7.62. The lowest BCUT2D eigenvalue weighted by Crippen LogP contribution is -1.85. The summed E-state index contributed by atoms with van der Waals surface area (Å²) in [4.78, 5) is 0. The highest BCUT2D eigenvalue weighted by atomic mass is 32.1. The van der Waals surface area contributed by atoms with Gasteiger partial charge in [-0.2, -0.15) is 11.3 Å². The quantitative estimate of drug-likeness (QED) is 0.613. The number of aliphatic hydroxyl groups excluding tert-OH is 2. The topological polar surface area (TPSA) is 40.5 Å². The fraction of sp³-hybridized carbons (Fsp3) is 0.333. The van der Waals surface area contributed by atoms with Crippen molar-refractivity contribution < 1.29 is 10.2 Å². The summed E-state index contributed by atoms with van der Waals surface area (Å²) < 4.78 is 0. The Balaban J connectivity index is 0.000000148. The molecule has 0 spiro atoms. The molecule has 0 saturated carbocycles. The monoisotopic (exact) mass is 146 g/mol. The van der Waals surface area contributed by atoms with Crippen LogP contribution >= 0.6 is 11.3 Å². The fourth-order valence-electron chi connectivity index (χ4n) is 0.227. The predicted molar refractivity (Wildman–Crippen MR) is 38.5 cm³/mol. The Labute approximate surface area is 58.4 Å². The largest absolute Gasteiger partial charge is 0.394 e. The maximum atomic E-state index is 7.62. The van der Waals surface area contributed by atoms with E-state index < -0.39 is 0 Å². The summed E-state index contributed by atoms with van der Waals surface area (Å²) in [6.45, 7) is -0.250. The predicted octanol–water partition coefficient (Wildman–Crippen LogP) is 0.719. The molecule has 0 saturated heterocycles. The molecular weight excluding hydrogens is 136 g/mol. The van der Waals surface area contributed by atoms with Crippen molar-refractivity contribution in [1.29, 1.82) is 0 Å². The summed E-state index contributed by atoms with van der Waals surface area (Å²) >= 11 is 1.71. The summed E-state index contributed by atoms with van der Waals surface area (Å²) in [6.07, 6.45) is 0. The number of hydrogen-bond donors (Lipinski definition) is 2. The van der Waals surface area contributed by atoms with Gasteiger partial charge in [0.1, 0.15) is 0 Å². The summed E-state index contributed by atoms with van der Waals surface area (Å²) in [5.74, 6) is 0. The van der Waals surface area contributed by atoms with Crippen LogP contribution in [0.3, 0.4) is 0 Å². The first-order valence-corrected chi connectivity index (χ1v) is 3.55. The first-order valence-electron chi connectivity index (χ1n) is 2.60. The van der Waals surface area contributed by atoms with Crippen molar-refractivity contribution in [1.82, 2.24) is 0 Å². The van der Waals surface area contributed by atoms with Crippen LogP contribution in [0.1, 0.15) is 0 Å². The molecule has 1 aromatic heterocycles. The molecule has 0 aliphatic rings. The van der Waals surface area contributed by atoms with Crippen LogP contribution in [0.25, 0.3) is 0 Å². The van der Waals surface area contributed by atoms with Crippen molar-refractivity contribution in [3.63, 3.8) is 0 Å². The molecule has 3 heteroatoms. The van der Waals surface area contributed by atoms with Crippen LogP contribution in [0.5, 0.6) is 0 Å². The smallest absolute Gasteiger partial charge is 0.0662 e. The van der Waals surface area contributed by atoms with Crippen molar-refractivity contribution >= 4 is 11.3 Å². The van der Waals surface area contributed by atoms with Gasteiger partial charge in [0.25, 0.3) is 0 Å². The zero-order valence-electron chi connectivity index (χ0n) is 5.03. The number of rotatable bonds is 1. The molecule has 2 nitrogen and oxygen atoms in total. The van der Waals surface area contributed by atoms with E-state index in [9.17, 15) is 0 Å². The Hall–Kier alpha value is -0.380. The molecule has 52 valence electrons. The van der Waals surface area contributed by atoms with Gasteiger partial charge < -0.3 is 10.2 Å². The van der Waals surface area contributed by atoms with Crippen LogP contribution < -0.4 is 0 Å². The van der Waals surface area contributed by atoms with E-state index in [1.807, 2.05) is 22.9 Å². The van der Waals surface area contributed by atoms with Crippen LogP contribution in [-0.4, -0.2) is 23.4 Å². The first-order chi connectivity index (χ1) is 4.41. The molecule has 1 heterocycles. The fourth-order valence-corrected chi connectivity index (χ4v) is 0.680. The van der Waals surface area contributed by atoms with Crippen molar-refractivity contribution in [3.8, 4) is 0 Å². The van der Waals surface area contributed by atoms with Crippen molar-refractivity contribution in [2.45, 2.75) is 0 Å². The van der Waals surface area contributed by atoms with Gasteiger partial charge in [-0.25, -0.2) is 0 Å². The number of thiophene rings is 1. The van der Waals surface area contributed by atoms with E-state index in [1.165, 1.54) is 0 Å². The van der Waals surface area contributed by atoms with Gasteiger partial charge in [-0.05, 0) is 10.8 Å². The summed E-state index contributed by atoms with van der Waals surface area (Å²) in [7, 11) is 0. The molecular formula is C6H10O2S. The molecule has 0 aromatic carbocycles. The Kier molecular flexibility index (Phi) is 7.30. The van der Waals surface area contributed by atoms with Crippen LogP contribution in [0.15, 0.2) is 22.9 Å². The molecule has 0 bridgehead atoms. The van der Waals surface area contributed by atoms with Gasteiger partial charge in [0.05, 0.1) is 13.2 Å². The third-order valence-corrected chi connectivity index (χ3v) is 1.15. The maximum absolute atomic E-state index is 7.62. The minimum Gasteiger partial charge on any atom is -0.394 e. The van der Waals surface area contributed by atoms with E-state index in [1.54, 1.807) is 11.3 Å². The zero-order valence-corrected chi connectivity index (χ0v) is 5.84. The molecule has 0 aliphatic carbocycles. The molecule has 1 aromatic rings. The van der Waals surface area contributed by atoms with E-state index in [-0.39, 0.29) is 13.2 Å². The summed E-state index contributed by atoms with van der Waals surface area (Å²) in [5, 5.41) is 19.3. The molecule has 0 unspecified atom stereocenters. The molecule has 0 fully saturated rings. The van der Waals surface area contributed by atoms with Crippen LogP contribution in [-0.2, 0) is 0 Å². The lowest BCUT2D eigenvalue weighted by molar-refractivity contribution is 0.186. The van der Waals surface area contributed by atoms with Crippen LogP contribution in [0.4, 0.5) is 0 Å². The average molecular weight is 146 g/mol. The Morgan fingerprint density at radius 2 is 1.44 bits per heavy atom. The second-order valence-electron chi connectivity index (χ2n) is 1.24. The third-order valence-electron chi connectivity index (χ3n) is 0.525. The van der Waals surface area contributed by atoms with Crippen LogP contribution in [0.2, 0.25) is 0 Å². The molecule has 0 atom stereocenters. The lowest BCUT2D eigenvalue weighted by Gasteiger charge is -1.70. The third kappa shape index (κ3) is 7.62. The highest BCUT2D eigenvalue weighted by Crippen LogP contribution is 1.91. The van der Waals surface area contributed by atoms with Gasteiger partial charge in [0, 0.05) is 0 Å². The molecule has 2 N–H and O–H groups in total. The summed E-state index contributed by atoms with van der Waals surface area (Å²) in [6, 6.07) is 4.04. The van der Waals surface area contributed by atoms with Crippen molar-refractivity contribution in [2.24, 2.45) is 0 Å². The van der Waals surface area contributed by atoms with Crippen molar-refractivity contribution in [2.75, 3.05) is 13.2 Å². The highest BCUT2D eigenvalue weighted by Gasteiger charge is 1.58. The van der Waals surface area contributed by atoms with E-state index in [0.29, 0.717) is 0 Å². The van der Waals surface area contributed by atoms with Gasteiger partial charge in [-0.1, -0.05) is 12.1 Å². The normalized spacial score (nSPS) is 7.78. The van der Waals surface area contributed by atoms with Gasteiger partial charge in [-0.3, -0.25) is 0 Å².